The van der Waals surface area contributed by atoms with E-state index in [0.717, 1.165) is 22.6 Å². The van der Waals surface area contributed by atoms with E-state index in [-0.39, 0.29) is 23.6 Å². The van der Waals surface area contributed by atoms with Crippen LogP contribution in [0.2, 0.25) is 5.02 Å². The van der Waals surface area contributed by atoms with Crippen LogP contribution in [0.15, 0.2) is 35.9 Å². The Hall–Kier alpha value is -3.92. The number of imide groups is 2. The number of ether oxygens (including phenoxy) is 1. The quantitative estimate of drug-likeness (QED) is 0.311. The third-order valence-corrected chi connectivity index (χ3v) is 4.81. The number of nitrogens with zero attached hydrogens (tertiary/aromatic N) is 2. The maximum absolute atomic E-state index is 13.0. The Bertz CT molecular complexity index is 1160. The van der Waals surface area contributed by atoms with E-state index in [0.29, 0.717) is 5.02 Å². The molecule has 2 aromatic carbocycles. The molecule has 1 saturated heterocycles. The number of phenolic OH excluding ortho intramolecular Hbond substituents is 1. The minimum atomic E-state index is -0.974. The molecular weight excluding hydrogens is 430 g/mol. The highest BCUT2D eigenvalue weighted by Crippen LogP contribution is 2.38. The molecule has 0 spiro atoms. The highest BCUT2D eigenvalue weighted by molar-refractivity contribution is 6.39. The van der Waals surface area contributed by atoms with Crippen molar-refractivity contribution in [1.82, 2.24) is 5.32 Å². The monoisotopic (exact) mass is 445 g/mol. The van der Waals surface area contributed by atoms with Crippen molar-refractivity contribution < 1.29 is 29.2 Å². The number of rotatable bonds is 5. The van der Waals surface area contributed by atoms with Crippen LogP contribution in [0.25, 0.3) is 6.08 Å². The third kappa shape index (κ3) is 4.19. The summed E-state index contributed by atoms with van der Waals surface area (Å²) in [6.45, 7) is 3.47. The number of aromatic hydroxyl groups is 1. The van der Waals surface area contributed by atoms with Gasteiger partial charge in [-0.2, -0.15) is 0 Å². The van der Waals surface area contributed by atoms with Crippen molar-refractivity contribution in [2.45, 2.75) is 13.8 Å². The zero-order valence-corrected chi connectivity index (χ0v) is 17.1. The first-order chi connectivity index (χ1) is 14.6. The SMILES string of the molecule is CCOc1cc(C=C2C(=O)NC(=O)N(c3ccc(C)c(Cl)c3)C2=O)cc([N+](=O)[O-])c1O. The smallest absolute Gasteiger partial charge is 0.335 e. The van der Waals surface area contributed by atoms with Gasteiger partial charge in [-0.05, 0) is 49.2 Å². The Morgan fingerprint density at radius 3 is 2.58 bits per heavy atom. The summed E-state index contributed by atoms with van der Waals surface area (Å²) in [5, 5.41) is 23.6. The van der Waals surface area contributed by atoms with Gasteiger partial charge in [-0.25, -0.2) is 9.69 Å². The molecule has 4 amide bonds. The number of hydrogen-bond donors (Lipinski definition) is 2. The number of aryl methyl sites for hydroxylation is 1. The second-order valence-electron chi connectivity index (χ2n) is 6.47. The molecule has 0 saturated carbocycles. The topological polar surface area (TPSA) is 139 Å². The minimum Gasteiger partial charge on any atom is -0.500 e. The second-order valence-corrected chi connectivity index (χ2v) is 6.88. The molecule has 1 aliphatic rings. The van der Waals surface area contributed by atoms with Gasteiger partial charge in [-0.1, -0.05) is 17.7 Å². The summed E-state index contributed by atoms with van der Waals surface area (Å²) in [6, 6.07) is 5.76. The number of urea groups is 1. The fraction of sp³-hybridized carbons (Fsp3) is 0.150. The van der Waals surface area contributed by atoms with Crippen molar-refractivity contribution in [2.75, 3.05) is 11.5 Å². The molecule has 1 fully saturated rings. The molecule has 0 unspecified atom stereocenters. The molecule has 0 aromatic heterocycles. The molecule has 11 heteroatoms. The summed E-state index contributed by atoms with van der Waals surface area (Å²) in [4.78, 5) is 48.7. The van der Waals surface area contributed by atoms with Crippen LogP contribution in [0.1, 0.15) is 18.1 Å². The maximum Gasteiger partial charge on any atom is 0.335 e. The molecule has 0 atom stereocenters. The van der Waals surface area contributed by atoms with Crippen molar-refractivity contribution in [3.05, 3.63) is 62.2 Å². The number of nitro groups is 1. The zero-order valence-electron chi connectivity index (χ0n) is 16.3. The normalized spacial score (nSPS) is 15.3. The minimum absolute atomic E-state index is 0.0442. The molecule has 1 heterocycles. The summed E-state index contributed by atoms with van der Waals surface area (Å²) < 4.78 is 5.19. The number of anilines is 1. The third-order valence-electron chi connectivity index (χ3n) is 4.40. The first-order valence-corrected chi connectivity index (χ1v) is 9.33. The summed E-state index contributed by atoms with van der Waals surface area (Å²) in [7, 11) is 0. The Kier molecular flexibility index (Phi) is 5.93. The van der Waals surface area contributed by atoms with E-state index >= 15 is 0 Å². The van der Waals surface area contributed by atoms with Crippen molar-refractivity contribution >= 4 is 46.9 Å². The fourth-order valence-electron chi connectivity index (χ4n) is 2.88. The number of phenols is 1. The van der Waals surface area contributed by atoms with E-state index in [4.69, 9.17) is 16.3 Å². The number of amides is 4. The predicted molar refractivity (Wildman–Crippen MR) is 111 cm³/mol. The maximum atomic E-state index is 13.0. The van der Waals surface area contributed by atoms with Crippen LogP contribution in [0, 0.1) is 17.0 Å². The van der Waals surface area contributed by atoms with E-state index in [9.17, 15) is 29.6 Å². The van der Waals surface area contributed by atoms with Gasteiger partial charge in [0.1, 0.15) is 5.57 Å². The lowest BCUT2D eigenvalue weighted by Gasteiger charge is -2.26. The molecule has 2 N–H and O–H groups in total. The Labute approximate surface area is 180 Å². The molecule has 0 aliphatic carbocycles. The van der Waals surface area contributed by atoms with Gasteiger partial charge in [0.25, 0.3) is 11.8 Å². The van der Waals surface area contributed by atoms with Crippen LogP contribution in [0.4, 0.5) is 16.2 Å². The summed E-state index contributed by atoms with van der Waals surface area (Å²) >= 11 is 6.08. The molecule has 1 aliphatic heterocycles. The molecular formula is C20H16ClN3O7. The van der Waals surface area contributed by atoms with Crippen LogP contribution < -0.4 is 15.0 Å². The number of carbonyl (C=O) groups is 3. The number of benzene rings is 2. The van der Waals surface area contributed by atoms with Gasteiger partial charge in [-0.3, -0.25) is 25.0 Å². The lowest BCUT2D eigenvalue weighted by atomic mass is 10.1. The van der Waals surface area contributed by atoms with Crippen molar-refractivity contribution in [2.24, 2.45) is 0 Å². The Morgan fingerprint density at radius 1 is 1.26 bits per heavy atom. The molecule has 0 radical (unpaired) electrons. The standard InChI is InChI=1S/C20H16ClN3O7/c1-3-31-16-8-11(7-15(17(16)25)24(29)30)6-13-18(26)22-20(28)23(19(13)27)12-5-4-10(2)14(21)9-12/h4-9,25H,3H2,1-2H3,(H,22,26,28). The highest BCUT2D eigenvalue weighted by atomic mass is 35.5. The number of nitro benzene ring substituents is 1. The average Bonchev–Trinajstić information content (AvgIpc) is 2.69. The van der Waals surface area contributed by atoms with Gasteiger partial charge in [0.2, 0.25) is 5.75 Å². The number of halogens is 1. The van der Waals surface area contributed by atoms with E-state index in [2.05, 4.69) is 5.32 Å². The molecule has 31 heavy (non-hydrogen) atoms. The van der Waals surface area contributed by atoms with Crippen LogP contribution in [-0.2, 0) is 9.59 Å². The number of hydrogen-bond acceptors (Lipinski definition) is 7. The van der Waals surface area contributed by atoms with E-state index in [1.54, 1.807) is 19.9 Å². The lowest BCUT2D eigenvalue weighted by molar-refractivity contribution is -0.386. The summed E-state index contributed by atoms with van der Waals surface area (Å²) in [6.07, 6.45) is 1.07. The second kappa shape index (κ2) is 8.44. The first kappa shape index (κ1) is 21.8. The van der Waals surface area contributed by atoms with Crippen LogP contribution in [0.3, 0.4) is 0 Å². The number of carbonyl (C=O) groups excluding carboxylic acids is 3. The van der Waals surface area contributed by atoms with Gasteiger partial charge in [0, 0.05) is 11.1 Å². The van der Waals surface area contributed by atoms with Gasteiger partial charge in [0.15, 0.2) is 5.75 Å². The molecule has 2 aromatic rings. The van der Waals surface area contributed by atoms with Gasteiger partial charge >= 0.3 is 11.7 Å². The van der Waals surface area contributed by atoms with Crippen LogP contribution in [-0.4, -0.2) is 34.5 Å². The largest absolute Gasteiger partial charge is 0.500 e. The number of nitrogens with one attached hydrogen (secondary N) is 1. The zero-order chi connectivity index (χ0) is 22.9. The molecule has 0 bridgehead atoms. The molecule has 3 rings (SSSR count). The van der Waals surface area contributed by atoms with Gasteiger partial charge in [0.05, 0.1) is 17.2 Å². The Balaban J connectivity index is 2.09. The lowest BCUT2D eigenvalue weighted by Crippen LogP contribution is -2.54. The van der Waals surface area contributed by atoms with Gasteiger partial charge in [-0.15, -0.1) is 0 Å². The average molecular weight is 446 g/mol. The van der Waals surface area contributed by atoms with E-state index in [1.165, 1.54) is 18.2 Å². The van der Waals surface area contributed by atoms with Gasteiger partial charge < -0.3 is 9.84 Å². The molecule has 160 valence electrons. The van der Waals surface area contributed by atoms with E-state index < -0.39 is 39.8 Å². The summed E-state index contributed by atoms with van der Waals surface area (Å²) in [5.74, 6) is -2.79. The van der Waals surface area contributed by atoms with Crippen molar-refractivity contribution in [3.8, 4) is 11.5 Å². The van der Waals surface area contributed by atoms with E-state index in [1.807, 2.05) is 0 Å². The fourth-order valence-corrected chi connectivity index (χ4v) is 3.06. The van der Waals surface area contributed by atoms with Crippen LogP contribution >= 0.6 is 11.6 Å². The van der Waals surface area contributed by atoms with Crippen molar-refractivity contribution in [3.63, 3.8) is 0 Å². The van der Waals surface area contributed by atoms with Crippen LogP contribution in [0.5, 0.6) is 11.5 Å². The highest BCUT2D eigenvalue weighted by Gasteiger charge is 2.37. The summed E-state index contributed by atoms with van der Waals surface area (Å²) in [5.41, 5.74) is -0.202. The molecule has 10 nitrogen and oxygen atoms in total. The Morgan fingerprint density at radius 2 is 1.97 bits per heavy atom. The first-order valence-electron chi connectivity index (χ1n) is 8.95. The predicted octanol–water partition coefficient (Wildman–Crippen LogP) is 3.33. The number of barbiturate groups is 1. The van der Waals surface area contributed by atoms with Crippen molar-refractivity contribution in [1.29, 1.82) is 0 Å².